The standard InChI is InChI=1S/C23H19ClN2O3/c1-3-28-18-6-4-5-15(11-18)22(27)25-19-12-16(8-7-14(19)2)23-26-20-13-17(24)9-10-21(20)29-23/h4-13H,3H2,1-2H3,(H,25,27). The molecule has 0 saturated carbocycles. The zero-order valence-electron chi connectivity index (χ0n) is 16.0. The Kier molecular flexibility index (Phi) is 5.23. The highest BCUT2D eigenvalue weighted by Gasteiger charge is 2.13. The lowest BCUT2D eigenvalue weighted by Crippen LogP contribution is -2.13. The molecule has 0 atom stereocenters. The lowest BCUT2D eigenvalue weighted by molar-refractivity contribution is 0.102. The lowest BCUT2D eigenvalue weighted by atomic mass is 10.1. The number of halogens is 1. The van der Waals surface area contributed by atoms with Crippen LogP contribution in [0.4, 0.5) is 5.69 Å². The van der Waals surface area contributed by atoms with Crippen molar-refractivity contribution in [1.29, 1.82) is 0 Å². The van der Waals surface area contributed by atoms with E-state index in [0.29, 0.717) is 45.6 Å². The number of fused-ring (bicyclic) bond motifs is 1. The van der Waals surface area contributed by atoms with Crippen molar-refractivity contribution in [3.05, 3.63) is 76.8 Å². The van der Waals surface area contributed by atoms with Crippen LogP contribution >= 0.6 is 11.6 Å². The Balaban J connectivity index is 1.62. The van der Waals surface area contributed by atoms with E-state index in [1.54, 1.807) is 36.4 Å². The van der Waals surface area contributed by atoms with Gasteiger partial charge in [0.1, 0.15) is 11.3 Å². The van der Waals surface area contributed by atoms with Crippen molar-refractivity contribution in [2.45, 2.75) is 13.8 Å². The molecule has 1 N–H and O–H groups in total. The number of aryl methyl sites for hydroxylation is 1. The van der Waals surface area contributed by atoms with Gasteiger partial charge in [0.2, 0.25) is 5.89 Å². The fraction of sp³-hybridized carbons (Fsp3) is 0.130. The van der Waals surface area contributed by atoms with E-state index in [2.05, 4.69) is 10.3 Å². The Bertz CT molecular complexity index is 1200. The minimum absolute atomic E-state index is 0.212. The van der Waals surface area contributed by atoms with Gasteiger partial charge >= 0.3 is 0 Å². The average molecular weight is 407 g/mol. The van der Waals surface area contributed by atoms with Gasteiger partial charge < -0.3 is 14.5 Å². The Labute approximate surface area is 173 Å². The SMILES string of the molecule is CCOc1cccc(C(=O)Nc2cc(-c3nc4cc(Cl)ccc4o3)ccc2C)c1. The molecule has 0 unspecified atom stereocenters. The van der Waals surface area contributed by atoms with E-state index in [1.165, 1.54) is 0 Å². The summed E-state index contributed by atoms with van der Waals surface area (Å²) in [6, 6.07) is 18.1. The van der Waals surface area contributed by atoms with Crippen molar-refractivity contribution < 1.29 is 13.9 Å². The third-order valence-electron chi connectivity index (χ3n) is 4.49. The molecule has 1 heterocycles. The van der Waals surface area contributed by atoms with E-state index in [1.807, 2.05) is 38.1 Å². The summed E-state index contributed by atoms with van der Waals surface area (Å²) in [5.41, 5.74) is 4.25. The first-order valence-electron chi connectivity index (χ1n) is 9.25. The number of benzene rings is 3. The van der Waals surface area contributed by atoms with Gasteiger partial charge in [0.15, 0.2) is 5.58 Å². The summed E-state index contributed by atoms with van der Waals surface area (Å²) < 4.78 is 11.3. The molecule has 1 aromatic heterocycles. The Hall–Kier alpha value is -3.31. The normalized spacial score (nSPS) is 10.9. The number of carbonyl (C=O) groups excluding carboxylic acids is 1. The number of hydrogen-bond acceptors (Lipinski definition) is 4. The second-order valence-corrected chi connectivity index (χ2v) is 7.01. The number of carbonyl (C=O) groups is 1. The first-order valence-corrected chi connectivity index (χ1v) is 9.62. The molecular weight excluding hydrogens is 388 g/mol. The molecule has 3 aromatic carbocycles. The first-order chi connectivity index (χ1) is 14.0. The minimum atomic E-state index is -0.212. The third kappa shape index (κ3) is 4.10. The zero-order chi connectivity index (χ0) is 20.4. The van der Waals surface area contributed by atoms with E-state index in [-0.39, 0.29) is 5.91 Å². The van der Waals surface area contributed by atoms with E-state index < -0.39 is 0 Å². The van der Waals surface area contributed by atoms with Crippen molar-refractivity contribution in [2.75, 3.05) is 11.9 Å². The highest BCUT2D eigenvalue weighted by atomic mass is 35.5. The second kappa shape index (κ2) is 7.97. The van der Waals surface area contributed by atoms with Crippen molar-refractivity contribution in [2.24, 2.45) is 0 Å². The second-order valence-electron chi connectivity index (χ2n) is 6.58. The summed E-state index contributed by atoms with van der Waals surface area (Å²) in [5, 5.41) is 3.56. The fourth-order valence-electron chi connectivity index (χ4n) is 3.00. The number of oxazole rings is 1. The smallest absolute Gasteiger partial charge is 0.255 e. The van der Waals surface area contributed by atoms with Crippen molar-refractivity contribution in [1.82, 2.24) is 4.98 Å². The fourth-order valence-corrected chi connectivity index (χ4v) is 3.17. The highest BCUT2D eigenvalue weighted by Crippen LogP contribution is 2.29. The number of nitrogens with zero attached hydrogens (tertiary/aromatic N) is 1. The van der Waals surface area contributed by atoms with Crippen LogP contribution in [-0.2, 0) is 0 Å². The molecule has 0 bridgehead atoms. The molecule has 5 nitrogen and oxygen atoms in total. The number of amides is 1. The number of anilines is 1. The number of aromatic nitrogens is 1. The molecule has 0 radical (unpaired) electrons. The largest absolute Gasteiger partial charge is 0.494 e. The number of hydrogen-bond donors (Lipinski definition) is 1. The van der Waals surface area contributed by atoms with Gasteiger partial charge in [0, 0.05) is 21.8 Å². The molecule has 1 amide bonds. The van der Waals surface area contributed by atoms with E-state index >= 15 is 0 Å². The van der Waals surface area contributed by atoms with Gasteiger partial charge in [0.25, 0.3) is 5.91 Å². The minimum Gasteiger partial charge on any atom is -0.494 e. The number of rotatable bonds is 5. The highest BCUT2D eigenvalue weighted by molar-refractivity contribution is 6.31. The van der Waals surface area contributed by atoms with Crippen molar-refractivity contribution in [3.63, 3.8) is 0 Å². The zero-order valence-corrected chi connectivity index (χ0v) is 16.8. The third-order valence-corrected chi connectivity index (χ3v) is 4.72. The molecule has 0 saturated heterocycles. The van der Waals surface area contributed by atoms with Gasteiger partial charge in [-0.05, 0) is 67.9 Å². The Morgan fingerprint density at radius 2 is 2.00 bits per heavy atom. The summed E-state index contributed by atoms with van der Waals surface area (Å²) in [6.45, 7) is 4.38. The van der Waals surface area contributed by atoms with Crippen LogP contribution in [0.15, 0.2) is 65.1 Å². The van der Waals surface area contributed by atoms with Crippen LogP contribution in [0, 0.1) is 6.92 Å². The van der Waals surface area contributed by atoms with Gasteiger partial charge in [-0.3, -0.25) is 4.79 Å². The molecule has 0 aliphatic heterocycles. The maximum absolute atomic E-state index is 12.7. The maximum Gasteiger partial charge on any atom is 0.255 e. The topological polar surface area (TPSA) is 64.4 Å². The van der Waals surface area contributed by atoms with Crippen LogP contribution in [0.5, 0.6) is 5.75 Å². The van der Waals surface area contributed by atoms with E-state index in [9.17, 15) is 4.79 Å². The molecule has 29 heavy (non-hydrogen) atoms. The van der Waals surface area contributed by atoms with Crippen LogP contribution in [-0.4, -0.2) is 17.5 Å². The van der Waals surface area contributed by atoms with Crippen LogP contribution in [0.25, 0.3) is 22.6 Å². The van der Waals surface area contributed by atoms with Crippen LogP contribution in [0.3, 0.4) is 0 Å². The van der Waals surface area contributed by atoms with Gasteiger partial charge in [-0.1, -0.05) is 23.7 Å². The number of nitrogens with one attached hydrogen (secondary N) is 1. The average Bonchev–Trinajstić information content (AvgIpc) is 3.13. The molecule has 146 valence electrons. The molecular formula is C23H19ClN2O3. The monoisotopic (exact) mass is 406 g/mol. The van der Waals surface area contributed by atoms with E-state index in [4.69, 9.17) is 20.8 Å². The molecule has 6 heteroatoms. The Morgan fingerprint density at radius 3 is 2.83 bits per heavy atom. The Morgan fingerprint density at radius 1 is 1.14 bits per heavy atom. The van der Waals surface area contributed by atoms with Crippen molar-refractivity contribution >= 4 is 34.3 Å². The lowest BCUT2D eigenvalue weighted by Gasteiger charge is -2.11. The molecule has 4 rings (SSSR count). The molecule has 0 fully saturated rings. The molecule has 0 aliphatic rings. The predicted octanol–water partition coefficient (Wildman–Crippen LogP) is 6.11. The first kappa shape index (κ1) is 19.0. The summed E-state index contributed by atoms with van der Waals surface area (Å²) in [6.07, 6.45) is 0. The van der Waals surface area contributed by atoms with Gasteiger partial charge in [-0.25, -0.2) is 4.98 Å². The van der Waals surface area contributed by atoms with Crippen LogP contribution in [0.2, 0.25) is 5.02 Å². The summed E-state index contributed by atoms with van der Waals surface area (Å²) >= 11 is 6.03. The van der Waals surface area contributed by atoms with Gasteiger partial charge in [-0.15, -0.1) is 0 Å². The summed E-state index contributed by atoms with van der Waals surface area (Å²) in [7, 11) is 0. The predicted molar refractivity (Wildman–Crippen MR) is 115 cm³/mol. The van der Waals surface area contributed by atoms with Gasteiger partial charge in [0.05, 0.1) is 6.61 Å². The molecule has 0 spiro atoms. The van der Waals surface area contributed by atoms with Crippen molar-refractivity contribution in [3.8, 4) is 17.2 Å². The summed E-state index contributed by atoms with van der Waals surface area (Å²) in [5.74, 6) is 0.919. The molecule has 4 aromatic rings. The molecule has 0 aliphatic carbocycles. The maximum atomic E-state index is 12.7. The summed E-state index contributed by atoms with van der Waals surface area (Å²) in [4.78, 5) is 17.2. The van der Waals surface area contributed by atoms with Crippen LogP contribution in [0.1, 0.15) is 22.8 Å². The van der Waals surface area contributed by atoms with E-state index in [0.717, 1.165) is 11.1 Å². The quantitative estimate of drug-likeness (QED) is 0.434. The van der Waals surface area contributed by atoms with Gasteiger partial charge in [-0.2, -0.15) is 0 Å². The number of ether oxygens (including phenoxy) is 1. The van der Waals surface area contributed by atoms with Crippen LogP contribution < -0.4 is 10.1 Å².